The minimum absolute atomic E-state index is 0.437. The first kappa shape index (κ1) is 15.7. The molecule has 1 aliphatic rings. The Morgan fingerprint density at radius 3 is 2.21 bits per heavy atom. The van der Waals surface area contributed by atoms with Crippen molar-refractivity contribution < 1.29 is 0 Å². The van der Waals surface area contributed by atoms with Gasteiger partial charge in [-0.2, -0.15) is 0 Å². The normalized spacial score (nSPS) is 16.9. The second-order valence-electron chi connectivity index (χ2n) is 8.30. The van der Waals surface area contributed by atoms with Gasteiger partial charge in [0.2, 0.25) is 0 Å². The van der Waals surface area contributed by atoms with Gasteiger partial charge in [-0.1, -0.05) is 76.2 Å². The number of hydrogen-bond acceptors (Lipinski definition) is 0. The van der Waals surface area contributed by atoms with Gasteiger partial charge in [-0.25, -0.2) is 0 Å². The van der Waals surface area contributed by atoms with Gasteiger partial charge in [0, 0.05) is 0 Å². The number of hydrogen-bond donors (Lipinski definition) is 0. The van der Waals surface area contributed by atoms with Gasteiger partial charge in [0.15, 0.2) is 0 Å². The molecule has 0 unspecified atom stereocenters. The van der Waals surface area contributed by atoms with E-state index in [-0.39, 0.29) is 0 Å². The van der Waals surface area contributed by atoms with Gasteiger partial charge < -0.3 is 0 Å². The molecule has 3 aromatic rings. The Labute approximate surface area is 145 Å². The van der Waals surface area contributed by atoms with E-state index in [1.807, 2.05) is 0 Å². The summed E-state index contributed by atoms with van der Waals surface area (Å²) in [6.07, 6.45) is 3.79. The second kappa shape index (κ2) is 5.62. The lowest BCUT2D eigenvalue weighted by Crippen LogP contribution is -2.38. The summed E-state index contributed by atoms with van der Waals surface area (Å²) in [6, 6.07) is 18.2. The Bertz CT molecular complexity index is 890. The van der Waals surface area contributed by atoms with Gasteiger partial charge in [-0.3, -0.25) is 0 Å². The summed E-state index contributed by atoms with van der Waals surface area (Å²) in [5, 5.41) is 5.65. The Balaban J connectivity index is 1.96. The lowest BCUT2D eigenvalue weighted by atomic mass is 9.59. The minimum atomic E-state index is 0.437. The molecule has 0 nitrogen and oxygen atoms in total. The van der Waals surface area contributed by atoms with Crippen molar-refractivity contribution in [3.63, 3.8) is 0 Å². The van der Waals surface area contributed by atoms with E-state index in [9.17, 15) is 0 Å². The van der Waals surface area contributed by atoms with Gasteiger partial charge >= 0.3 is 0 Å². The standard InChI is InChI=1S/C24H28/c1-16(2)24(17(3)4)14-13-19-10-11-21-20-8-6-5-7-18(20)9-12-22(21)23(19)15-24/h5-12,16-17H,13-15H2,1-4H3. The first-order valence-electron chi connectivity index (χ1n) is 9.45. The predicted molar refractivity (Wildman–Crippen MR) is 106 cm³/mol. The van der Waals surface area contributed by atoms with Gasteiger partial charge in [0.1, 0.15) is 0 Å². The molecule has 0 bridgehead atoms. The van der Waals surface area contributed by atoms with Gasteiger partial charge in [0.05, 0.1) is 0 Å². The van der Waals surface area contributed by atoms with Crippen molar-refractivity contribution in [3.8, 4) is 0 Å². The van der Waals surface area contributed by atoms with Crippen LogP contribution in [0, 0.1) is 17.3 Å². The summed E-state index contributed by atoms with van der Waals surface area (Å²) in [6.45, 7) is 9.69. The molecule has 24 heavy (non-hydrogen) atoms. The van der Waals surface area contributed by atoms with E-state index in [1.54, 1.807) is 11.1 Å². The Morgan fingerprint density at radius 1 is 0.750 bits per heavy atom. The lowest BCUT2D eigenvalue weighted by Gasteiger charge is -2.45. The molecule has 0 heteroatoms. The van der Waals surface area contributed by atoms with E-state index in [2.05, 4.69) is 76.2 Å². The van der Waals surface area contributed by atoms with E-state index in [0.717, 1.165) is 11.8 Å². The van der Waals surface area contributed by atoms with Crippen molar-refractivity contribution in [2.45, 2.75) is 47.0 Å². The van der Waals surface area contributed by atoms with Gasteiger partial charge in [0.25, 0.3) is 0 Å². The van der Waals surface area contributed by atoms with Crippen LogP contribution in [0.2, 0.25) is 0 Å². The third kappa shape index (κ3) is 2.19. The smallest absolute Gasteiger partial charge is 0.0102 e. The van der Waals surface area contributed by atoms with Crippen LogP contribution in [0.1, 0.15) is 45.2 Å². The fourth-order valence-corrected chi connectivity index (χ4v) is 5.08. The van der Waals surface area contributed by atoms with Crippen LogP contribution in [-0.2, 0) is 12.8 Å². The largest absolute Gasteiger partial charge is 0.0622 e. The number of benzene rings is 3. The van der Waals surface area contributed by atoms with Crippen LogP contribution in [0.4, 0.5) is 0 Å². The molecular weight excluding hydrogens is 288 g/mol. The summed E-state index contributed by atoms with van der Waals surface area (Å²) in [5.74, 6) is 1.45. The van der Waals surface area contributed by atoms with Crippen molar-refractivity contribution in [2.24, 2.45) is 17.3 Å². The van der Waals surface area contributed by atoms with Crippen molar-refractivity contribution in [1.29, 1.82) is 0 Å². The molecule has 0 amide bonds. The molecule has 0 aromatic heterocycles. The summed E-state index contributed by atoms with van der Waals surface area (Å²) >= 11 is 0. The summed E-state index contributed by atoms with van der Waals surface area (Å²) in [5.41, 5.74) is 3.63. The van der Waals surface area contributed by atoms with Crippen molar-refractivity contribution in [2.75, 3.05) is 0 Å². The van der Waals surface area contributed by atoms with Crippen LogP contribution in [0.25, 0.3) is 21.5 Å². The molecule has 0 heterocycles. The van der Waals surface area contributed by atoms with Crippen molar-refractivity contribution >= 4 is 21.5 Å². The first-order chi connectivity index (χ1) is 11.5. The molecule has 1 aliphatic carbocycles. The molecule has 0 saturated heterocycles. The first-order valence-corrected chi connectivity index (χ1v) is 9.45. The van der Waals surface area contributed by atoms with Crippen LogP contribution in [0.3, 0.4) is 0 Å². The zero-order valence-electron chi connectivity index (χ0n) is 15.4. The van der Waals surface area contributed by atoms with Crippen LogP contribution in [0.5, 0.6) is 0 Å². The maximum atomic E-state index is 2.42. The maximum absolute atomic E-state index is 2.42. The average molecular weight is 316 g/mol. The zero-order valence-corrected chi connectivity index (χ0v) is 15.4. The monoisotopic (exact) mass is 316 g/mol. The molecule has 0 fully saturated rings. The average Bonchev–Trinajstić information content (AvgIpc) is 2.60. The Hall–Kier alpha value is -1.82. The fraction of sp³-hybridized carbons (Fsp3) is 0.417. The third-order valence-corrected chi connectivity index (χ3v) is 6.80. The fourth-order valence-electron chi connectivity index (χ4n) is 5.08. The highest BCUT2D eigenvalue weighted by molar-refractivity contribution is 6.08. The zero-order chi connectivity index (χ0) is 16.9. The SMILES string of the molecule is CC(C)C1(C(C)C)CCc2ccc3c(ccc4ccccc43)c2C1. The summed E-state index contributed by atoms with van der Waals surface area (Å²) < 4.78 is 0. The molecule has 0 atom stereocenters. The third-order valence-electron chi connectivity index (χ3n) is 6.80. The van der Waals surface area contributed by atoms with E-state index in [0.29, 0.717) is 5.41 Å². The van der Waals surface area contributed by atoms with Gasteiger partial charge in [-0.05, 0) is 69.2 Å². The molecule has 0 N–H and O–H groups in total. The predicted octanol–water partition coefficient (Wildman–Crippen LogP) is 6.78. The topological polar surface area (TPSA) is 0 Å². The number of fused-ring (bicyclic) bond motifs is 5. The summed E-state index contributed by atoms with van der Waals surface area (Å²) in [4.78, 5) is 0. The lowest BCUT2D eigenvalue weighted by molar-refractivity contribution is 0.0908. The molecule has 0 spiro atoms. The van der Waals surface area contributed by atoms with E-state index in [4.69, 9.17) is 0 Å². The maximum Gasteiger partial charge on any atom is -0.0102 e. The summed E-state index contributed by atoms with van der Waals surface area (Å²) in [7, 11) is 0. The van der Waals surface area contributed by atoms with Crippen LogP contribution < -0.4 is 0 Å². The van der Waals surface area contributed by atoms with Crippen LogP contribution >= 0.6 is 0 Å². The Morgan fingerprint density at radius 2 is 1.46 bits per heavy atom. The molecule has 124 valence electrons. The minimum Gasteiger partial charge on any atom is -0.0622 e. The highest BCUT2D eigenvalue weighted by atomic mass is 14.4. The van der Waals surface area contributed by atoms with Crippen LogP contribution in [0.15, 0.2) is 48.5 Å². The second-order valence-corrected chi connectivity index (χ2v) is 8.30. The molecule has 3 aromatic carbocycles. The van der Waals surface area contributed by atoms with Crippen molar-refractivity contribution in [1.82, 2.24) is 0 Å². The van der Waals surface area contributed by atoms with Crippen LogP contribution in [-0.4, -0.2) is 0 Å². The quantitative estimate of drug-likeness (QED) is 0.457. The van der Waals surface area contributed by atoms with E-state index < -0.39 is 0 Å². The molecule has 0 aliphatic heterocycles. The number of rotatable bonds is 2. The molecular formula is C24H28. The van der Waals surface area contributed by atoms with E-state index in [1.165, 1.54) is 40.8 Å². The van der Waals surface area contributed by atoms with Crippen molar-refractivity contribution in [3.05, 3.63) is 59.7 Å². The number of aryl methyl sites for hydroxylation is 1. The highest BCUT2D eigenvalue weighted by Gasteiger charge is 2.40. The molecule has 0 saturated carbocycles. The molecule has 0 radical (unpaired) electrons. The highest BCUT2D eigenvalue weighted by Crippen LogP contribution is 2.48. The molecule has 4 rings (SSSR count). The van der Waals surface area contributed by atoms with Gasteiger partial charge in [-0.15, -0.1) is 0 Å². The Kier molecular flexibility index (Phi) is 3.67. The van der Waals surface area contributed by atoms with E-state index >= 15 is 0 Å².